The van der Waals surface area contributed by atoms with Gasteiger partial charge in [0.2, 0.25) is 0 Å². The number of fused-ring (bicyclic) bond motifs is 1. The van der Waals surface area contributed by atoms with E-state index in [2.05, 4.69) is 15.4 Å². The Morgan fingerprint density at radius 3 is 2.58 bits per heavy atom. The second kappa shape index (κ2) is 8.95. The quantitative estimate of drug-likeness (QED) is 0.392. The summed E-state index contributed by atoms with van der Waals surface area (Å²) in [7, 11) is 1.73. The zero-order valence-corrected chi connectivity index (χ0v) is 17.7. The lowest BCUT2D eigenvalue weighted by Gasteiger charge is -2.15. The van der Waals surface area contributed by atoms with Gasteiger partial charge < -0.3 is 20.1 Å². The van der Waals surface area contributed by atoms with Crippen LogP contribution in [0.5, 0.6) is 5.75 Å². The van der Waals surface area contributed by atoms with E-state index in [1.807, 2.05) is 30.3 Å². The molecule has 0 aliphatic carbocycles. The molecule has 3 aromatic heterocycles. The van der Waals surface area contributed by atoms with E-state index in [0.29, 0.717) is 16.6 Å². The molecule has 1 amide bonds. The summed E-state index contributed by atoms with van der Waals surface area (Å²) >= 11 is 0. The van der Waals surface area contributed by atoms with Gasteiger partial charge in [0, 0.05) is 30.7 Å². The van der Waals surface area contributed by atoms with Gasteiger partial charge in [-0.1, -0.05) is 30.3 Å². The Labute approximate surface area is 187 Å². The SMILES string of the molecule is Cn1cc(-c2cc3c(O)c(C(=O)NCCC(=O)O)ncc3n(Cc3ccccc3)c2=O)cn1. The van der Waals surface area contributed by atoms with Crippen LogP contribution in [0.2, 0.25) is 0 Å². The molecular formula is C23H21N5O5. The highest BCUT2D eigenvalue weighted by atomic mass is 16.4. The third-order valence-corrected chi connectivity index (χ3v) is 5.17. The molecule has 4 rings (SSSR count). The van der Waals surface area contributed by atoms with Gasteiger partial charge >= 0.3 is 5.97 Å². The summed E-state index contributed by atoms with van der Waals surface area (Å²) in [6.07, 6.45) is 4.33. The fraction of sp³-hybridized carbons (Fsp3) is 0.174. The Kier molecular flexibility index (Phi) is 5.90. The Bertz CT molecular complexity index is 1410. The number of aromatic nitrogens is 4. The van der Waals surface area contributed by atoms with Crippen LogP contribution in [-0.4, -0.2) is 48.0 Å². The average Bonchev–Trinajstić information content (AvgIpc) is 3.22. The third kappa shape index (κ3) is 4.45. The second-order valence-corrected chi connectivity index (χ2v) is 7.49. The van der Waals surface area contributed by atoms with Gasteiger partial charge in [0.05, 0.1) is 36.4 Å². The number of carboxylic acids is 1. The van der Waals surface area contributed by atoms with E-state index < -0.39 is 17.6 Å². The van der Waals surface area contributed by atoms with Gasteiger partial charge in [-0.2, -0.15) is 5.10 Å². The maximum Gasteiger partial charge on any atom is 0.305 e. The van der Waals surface area contributed by atoms with Gasteiger partial charge in [0.15, 0.2) is 11.4 Å². The molecule has 0 saturated heterocycles. The zero-order valence-electron chi connectivity index (χ0n) is 17.7. The van der Waals surface area contributed by atoms with Crippen molar-refractivity contribution in [1.29, 1.82) is 0 Å². The van der Waals surface area contributed by atoms with Crippen molar-refractivity contribution < 1.29 is 19.8 Å². The number of pyridine rings is 2. The molecule has 0 aliphatic heterocycles. The average molecular weight is 447 g/mol. The standard InChI is InChI=1S/C23H21N5O5/c1-27-13-15(10-26-27)16-9-17-18(28(23(16)33)12-14-5-3-2-4-6-14)11-25-20(21(17)31)22(32)24-8-7-19(29)30/h2-6,9-11,13,31H,7-8,12H2,1H3,(H,24,32)(H,29,30). The van der Waals surface area contributed by atoms with Gasteiger partial charge in [-0.05, 0) is 11.6 Å². The van der Waals surface area contributed by atoms with Crippen molar-refractivity contribution in [3.63, 3.8) is 0 Å². The van der Waals surface area contributed by atoms with Gasteiger partial charge in [0.1, 0.15) is 0 Å². The first kappa shape index (κ1) is 21.8. The molecule has 0 fully saturated rings. The lowest BCUT2D eigenvalue weighted by atomic mass is 10.1. The first-order valence-corrected chi connectivity index (χ1v) is 10.1. The van der Waals surface area contributed by atoms with E-state index in [0.717, 1.165) is 5.56 Å². The number of amides is 1. The Morgan fingerprint density at radius 2 is 1.91 bits per heavy atom. The molecule has 33 heavy (non-hydrogen) atoms. The predicted molar refractivity (Wildman–Crippen MR) is 120 cm³/mol. The van der Waals surface area contributed by atoms with Crippen LogP contribution in [0.1, 0.15) is 22.5 Å². The summed E-state index contributed by atoms with van der Waals surface area (Å²) in [5.74, 6) is -2.16. The van der Waals surface area contributed by atoms with Crippen LogP contribution in [-0.2, 0) is 18.4 Å². The van der Waals surface area contributed by atoms with Gasteiger partial charge in [-0.15, -0.1) is 0 Å². The summed E-state index contributed by atoms with van der Waals surface area (Å²) < 4.78 is 3.06. The summed E-state index contributed by atoms with van der Waals surface area (Å²) in [6.45, 7) is 0.122. The normalized spacial score (nSPS) is 10.9. The molecule has 168 valence electrons. The summed E-state index contributed by atoms with van der Waals surface area (Å²) in [5, 5.41) is 26.5. The molecule has 10 heteroatoms. The molecule has 1 aromatic carbocycles. The van der Waals surface area contributed by atoms with Crippen molar-refractivity contribution in [2.75, 3.05) is 6.54 Å². The second-order valence-electron chi connectivity index (χ2n) is 7.49. The highest BCUT2D eigenvalue weighted by molar-refractivity contribution is 6.01. The number of aromatic hydroxyl groups is 1. The van der Waals surface area contributed by atoms with E-state index in [9.17, 15) is 19.5 Å². The van der Waals surface area contributed by atoms with Crippen molar-refractivity contribution in [3.05, 3.63) is 76.6 Å². The largest absolute Gasteiger partial charge is 0.505 e. The van der Waals surface area contributed by atoms with Crippen LogP contribution in [0.4, 0.5) is 0 Å². The Morgan fingerprint density at radius 1 is 1.15 bits per heavy atom. The first-order chi connectivity index (χ1) is 15.8. The number of carbonyl (C=O) groups is 2. The monoisotopic (exact) mass is 447 g/mol. The molecule has 3 heterocycles. The fourth-order valence-electron chi connectivity index (χ4n) is 3.55. The van der Waals surface area contributed by atoms with E-state index in [4.69, 9.17) is 5.11 Å². The lowest BCUT2D eigenvalue weighted by molar-refractivity contribution is -0.136. The van der Waals surface area contributed by atoms with Crippen LogP contribution in [0, 0.1) is 0 Å². The van der Waals surface area contributed by atoms with E-state index >= 15 is 0 Å². The summed E-state index contributed by atoms with van der Waals surface area (Å²) in [5.41, 5.74) is 1.56. The highest BCUT2D eigenvalue weighted by Crippen LogP contribution is 2.30. The van der Waals surface area contributed by atoms with Gasteiger partial charge in [-0.25, -0.2) is 4.98 Å². The van der Waals surface area contributed by atoms with Gasteiger partial charge in [0.25, 0.3) is 11.5 Å². The molecule has 3 N–H and O–H groups in total. The van der Waals surface area contributed by atoms with E-state index in [-0.39, 0.29) is 36.1 Å². The molecule has 0 aliphatic rings. The molecule has 0 bridgehead atoms. The molecule has 0 saturated carbocycles. The topological polar surface area (TPSA) is 139 Å². The lowest BCUT2D eigenvalue weighted by Crippen LogP contribution is -2.27. The van der Waals surface area contributed by atoms with Gasteiger partial charge in [-0.3, -0.25) is 19.1 Å². The van der Waals surface area contributed by atoms with Crippen LogP contribution in [0.15, 0.2) is 59.8 Å². The third-order valence-electron chi connectivity index (χ3n) is 5.17. The summed E-state index contributed by atoms with van der Waals surface area (Å²) in [4.78, 5) is 40.7. The number of aliphatic carboxylic acids is 1. The van der Waals surface area contributed by atoms with E-state index in [1.165, 1.54) is 16.8 Å². The van der Waals surface area contributed by atoms with Crippen LogP contribution < -0.4 is 10.9 Å². The number of hydrogen-bond donors (Lipinski definition) is 3. The summed E-state index contributed by atoms with van der Waals surface area (Å²) in [6, 6.07) is 10.9. The van der Waals surface area contributed by atoms with Crippen molar-refractivity contribution in [2.45, 2.75) is 13.0 Å². The van der Waals surface area contributed by atoms with Crippen molar-refractivity contribution in [1.82, 2.24) is 24.6 Å². The molecular weight excluding hydrogens is 426 g/mol. The van der Waals surface area contributed by atoms with E-state index in [1.54, 1.807) is 24.1 Å². The smallest absolute Gasteiger partial charge is 0.305 e. The molecule has 4 aromatic rings. The number of carboxylic acid groups (broad SMARTS) is 1. The number of benzene rings is 1. The first-order valence-electron chi connectivity index (χ1n) is 10.1. The number of carbonyl (C=O) groups excluding carboxylic acids is 1. The van der Waals surface area contributed by atoms with Crippen molar-refractivity contribution in [2.24, 2.45) is 7.05 Å². The Hall–Kier alpha value is -4.47. The maximum absolute atomic E-state index is 13.4. The maximum atomic E-state index is 13.4. The van der Waals surface area contributed by atoms with Crippen molar-refractivity contribution >= 4 is 22.8 Å². The molecule has 0 unspecified atom stereocenters. The minimum Gasteiger partial charge on any atom is -0.505 e. The van der Waals surface area contributed by atoms with Crippen LogP contribution in [0.3, 0.4) is 0 Å². The predicted octanol–water partition coefficient (Wildman–Crippen LogP) is 1.76. The van der Waals surface area contributed by atoms with Crippen LogP contribution >= 0.6 is 0 Å². The molecule has 0 spiro atoms. The fourth-order valence-corrected chi connectivity index (χ4v) is 3.55. The van der Waals surface area contributed by atoms with Crippen molar-refractivity contribution in [3.8, 4) is 16.9 Å². The molecule has 0 atom stereocenters. The van der Waals surface area contributed by atoms with Crippen LogP contribution in [0.25, 0.3) is 22.0 Å². The minimum absolute atomic E-state index is 0.109. The number of aryl methyl sites for hydroxylation is 1. The minimum atomic E-state index is -1.06. The zero-order chi connectivity index (χ0) is 23.5. The number of nitrogens with zero attached hydrogens (tertiary/aromatic N) is 4. The highest BCUT2D eigenvalue weighted by Gasteiger charge is 2.20. The number of hydrogen-bond acceptors (Lipinski definition) is 6. The Balaban J connectivity index is 1.87. The molecule has 0 radical (unpaired) electrons. The number of nitrogens with one attached hydrogen (secondary N) is 1. The molecule has 10 nitrogen and oxygen atoms in total. The number of rotatable bonds is 7.